The zero-order valence-corrected chi connectivity index (χ0v) is 20.4. The van der Waals surface area contributed by atoms with Gasteiger partial charge in [0, 0.05) is 24.2 Å². The van der Waals surface area contributed by atoms with Crippen molar-refractivity contribution in [3.05, 3.63) is 76.0 Å². The summed E-state index contributed by atoms with van der Waals surface area (Å²) < 4.78 is 32.8. The Balaban J connectivity index is 1.72. The number of carbonyl (C=O) groups excluding carboxylic acids is 2. The SMILES string of the molecule is COc1ccc(S(=O)(=O)N2Cc3cc(C(=O)N(C)c4ccccc4)sc3[C@H](O)[C@@H]2C(=O)NO)cc1. The number of ether oxygens (including phenoxy) is 1. The van der Waals surface area contributed by atoms with Gasteiger partial charge in [-0.1, -0.05) is 18.2 Å². The van der Waals surface area contributed by atoms with E-state index in [9.17, 15) is 28.3 Å². The van der Waals surface area contributed by atoms with Crippen molar-refractivity contribution >= 4 is 38.9 Å². The normalized spacial score (nSPS) is 17.9. The average molecular weight is 518 g/mol. The van der Waals surface area contributed by atoms with E-state index in [4.69, 9.17) is 4.74 Å². The Labute approximate surface area is 206 Å². The number of methoxy groups -OCH3 is 1. The minimum Gasteiger partial charge on any atom is -0.497 e. The molecule has 0 unspecified atom stereocenters. The Morgan fingerprint density at radius 3 is 2.40 bits per heavy atom. The number of nitrogens with one attached hydrogen (secondary N) is 1. The molecule has 0 bridgehead atoms. The molecule has 3 aromatic rings. The monoisotopic (exact) mass is 517 g/mol. The van der Waals surface area contributed by atoms with E-state index in [0.717, 1.165) is 15.6 Å². The van der Waals surface area contributed by atoms with Crippen LogP contribution < -0.4 is 15.1 Å². The summed E-state index contributed by atoms with van der Waals surface area (Å²) in [6, 6.07) is 14.4. The first kappa shape index (κ1) is 24.8. The second-order valence-corrected chi connectivity index (χ2v) is 10.8. The maximum Gasteiger partial charge on any atom is 0.268 e. The highest BCUT2D eigenvalue weighted by Gasteiger charge is 2.46. The van der Waals surface area contributed by atoms with Crippen molar-refractivity contribution in [3.8, 4) is 5.75 Å². The molecule has 1 aliphatic rings. The minimum absolute atomic E-state index is 0.125. The average Bonchev–Trinajstić information content (AvgIpc) is 3.32. The van der Waals surface area contributed by atoms with Crippen LogP contribution in [0.5, 0.6) is 5.75 Å². The van der Waals surface area contributed by atoms with Crippen molar-refractivity contribution < 1.29 is 33.1 Å². The molecule has 1 aliphatic heterocycles. The third kappa shape index (κ3) is 4.54. The molecule has 2 aromatic carbocycles. The number of nitrogens with zero attached hydrogens (tertiary/aromatic N) is 2. The summed E-state index contributed by atoms with van der Waals surface area (Å²) in [6.45, 7) is -0.280. The second-order valence-electron chi connectivity index (χ2n) is 7.79. The fourth-order valence-corrected chi connectivity index (χ4v) is 6.62. The number of hydrogen-bond acceptors (Lipinski definition) is 8. The predicted octanol–water partition coefficient (Wildman–Crippen LogP) is 2.15. The third-order valence-corrected chi connectivity index (χ3v) is 8.83. The van der Waals surface area contributed by atoms with Gasteiger partial charge in [-0.05, 0) is 48.0 Å². The summed E-state index contributed by atoms with van der Waals surface area (Å²) in [5.41, 5.74) is 2.49. The van der Waals surface area contributed by atoms with E-state index < -0.39 is 28.1 Å². The molecule has 4 rings (SSSR count). The lowest BCUT2D eigenvalue weighted by atomic mass is 10.0. The number of hydrogen-bond donors (Lipinski definition) is 3. The highest BCUT2D eigenvalue weighted by atomic mass is 32.2. The van der Waals surface area contributed by atoms with E-state index in [0.29, 0.717) is 17.0 Å². The Kier molecular flexibility index (Phi) is 6.92. The van der Waals surface area contributed by atoms with Crippen molar-refractivity contribution in [1.29, 1.82) is 0 Å². The molecule has 2 heterocycles. The summed E-state index contributed by atoms with van der Waals surface area (Å²) in [5.74, 6) is -1.00. The van der Waals surface area contributed by atoms with E-state index in [2.05, 4.69) is 0 Å². The van der Waals surface area contributed by atoms with Crippen LogP contribution in [0.3, 0.4) is 0 Å². The van der Waals surface area contributed by atoms with Gasteiger partial charge in [-0.25, -0.2) is 13.9 Å². The number of anilines is 1. The minimum atomic E-state index is -4.28. The number of rotatable bonds is 6. The molecule has 2 atom stereocenters. The highest BCUT2D eigenvalue weighted by molar-refractivity contribution is 7.89. The number of amides is 2. The molecule has 0 fully saturated rings. The number of fused-ring (bicyclic) bond motifs is 1. The van der Waals surface area contributed by atoms with Crippen LogP contribution in [-0.4, -0.2) is 55.1 Å². The zero-order valence-electron chi connectivity index (χ0n) is 18.8. The molecule has 10 nitrogen and oxygen atoms in total. The van der Waals surface area contributed by atoms with Gasteiger partial charge in [0.2, 0.25) is 10.0 Å². The molecule has 0 spiro atoms. The van der Waals surface area contributed by atoms with Gasteiger partial charge in [0.15, 0.2) is 0 Å². The molecule has 0 saturated heterocycles. The van der Waals surface area contributed by atoms with Crippen LogP contribution in [-0.2, 0) is 21.4 Å². The van der Waals surface area contributed by atoms with Gasteiger partial charge in [0.05, 0.1) is 16.9 Å². The molecule has 184 valence electrons. The molecule has 3 N–H and O–H groups in total. The maximum absolute atomic E-state index is 13.4. The Morgan fingerprint density at radius 2 is 1.80 bits per heavy atom. The van der Waals surface area contributed by atoms with Crippen LogP contribution in [0, 0.1) is 0 Å². The summed E-state index contributed by atoms with van der Waals surface area (Å²) in [6.07, 6.45) is -1.60. The van der Waals surface area contributed by atoms with Crippen molar-refractivity contribution in [1.82, 2.24) is 9.79 Å². The number of para-hydroxylation sites is 1. The first-order valence-electron chi connectivity index (χ1n) is 10.4. The van der Waals surface area contributed by atoms with Crippen molar-refractivity contribution in [2.45, 2.75) is 23.6 Å². The van der Waals surface area contributed by atoms with E-state index in [1.165, 1.54) is 47.8 Å². The molecular weight excluding hydrogens is 494 g/mol. The predicted molar refractivity (Wildman–Crippen MR) is 128 cm³/mol. The van der Waals surface area contributed by atoms with Crippen molar-refractivity contribution in [2.75, 3.05) is 19.1 Å². The van der Waals surface area contributed by atoms with E-state index in [-0.39, 0.29) is 27.1 Å². The van der Waals surface area contributed by atoms with Gasteiger partial charge in [0.1, 0.15) is 17.9 Å². The molecule has 0 saturated carbocycles. The fraction of sp³-hybridized carbons (Fsp3) is 0.217. The first-order chi connectivity index (χ1) is 16.7. The summed E-state index contributed by atoms with van der Waals surface area (Å²) in [7, 11) is -1.23. The second kappa shape index (κ2) is 9.76. The molecule has 2 amide bonds. The number of thiophene rings is 1. The topological polar surface area (TPSA) is 136 Å². The number of sulfonamides is 1. The Bertz CT molecular complexity index is 1340. The van der Waals surface area contributed by atoms with Gasteiger partial charge in [-0.3, -0.25) is 14.8 Å². The van der Waals surface area contributed by atoms with Gasteiger partial charge >= 0.3 is 0 Å². The van der Waals surface area contributed by atoms with Crippen LogP contribution in [0.15, 0.2) is 65.6 Å². The molecule has 12 heteroatoms. The third-order valence-electron chi connectivity index (χ3n) is 5.75. The van der Waals surface area contributed by atoms with Crippen molar-refractivity contribution in [3.63, 3.8) is 0 Å². The Hall–Kier alpha value is -3.29. The fourth-order valence-electron chi connectivity index (χ4n) is 3.88. The van der Waals surface area contributed by atoms with Crippen LogP contribution in [0.1, 0.15) is 26.2 Å². The van der Waals surface area contributed by atoms with Gasteiger partial charge in [0.25, 0.3) is 11.8 Å². The smallest absolute Gasteiger partial charge is 0.268 e. The molecule has 0 radical (unpaired) electrons. The summed E-state index contributed by atoms with van der Waals surface area (Å²) in [4.78, 5) is 27.5. The standard InChI is InChI=1S/C23H23N3O7S2/c1-25(15-6-4-3-5-7-15)23(29)18-12-14-13-26(19(22(28)24-30)20(27)21(14)34-18)35(31,32)17-10-8-16(33-2)9-11-17/h3-12,19-20,27,30H,13H2,1-2H3,(H,24,28)/t19-,20-/m1/s1. The van der Waals surface area contributed by atoms with Gasteiger partial charge in [-0.15, -0.1) is 11.3 Å². The highest BCUT2D eigenvalue weighted by Crippen LogP contribution is 2.40. The van der Waals surface area contributed by atoms with Gasteiger partial charge in [-0.2, -0.15) is 4.31 Å². The summed E-state index contributed by atoms with van der Waals surface area (Å²) in [5, 5.41) is 20.3. The van der Waals surface area contributed by atoms with Crippen LogP contribution in [0.2, 0.25) is 0 Å². The van der Waals surface area contributed by atoms with E-state index in [1.807, 2.05) is 6.07 Å². The lowest BCUT2D eigenvalue weighted by molar-refractivity contribution is -0.137. The Morgan fingerprint density at radius 1 is 1.14 bits per heavy atom. The number of aliphatic hydroxyl groups excluding tert-OH is 1. The maximum atomic E-state index is 13.4. The van der Waals surface area contributed by atoms with Crippen LogP contribution in [0.4, 0.5) is 5.69 Å². The van der Waals surface area contributed by atoms with Crippen molar-refractivity contribution in [2.24, 2.45) is 0 Å². The molecular formula is C23H23N3O7S2. The lowest BCUT2D eigenvalue weighted by Crippen LogP contribution is -2.53. The molecule has 0 aliphatic carbocycles. The van der Waals surface area contributed by atoms with E-state index in [1.54, 1.807) is 31.3 Å². The largest absolute Gasteiger partial charge is 0.497 e. The van der Waals surface area contributed by atoms with Gasteiger partial charge < -0.3 is 14.7 Å². The number of benzene rings is 2. The quantitative estimate of drug-likeness (QED) is 0.337. The lowest BCUT2D eigenvalue weighted by Gasteiger charge is -2.36. The first-order valence-corrected chi connectivity index (χ1v) is 12.7. The number of hydroxylamine groups is 1. The van der Waals surface area contributed by atoms with E-state index >= 15 is 0 Å². The molecule has 1 aromatic heterocycles. The zero-order chi connectivity index (χ0) is 25.3. The van der Waals surface area contributed by atoms with Crippen LogP contribution >= 0.6 is 11.3 Å². The molecule has 35 heavy (non-hydrogen) atoms. The summed E-state index contributed by atoms with van der Waals surface area (Å²) >= 11 is 0.979. The number of aliphatic hydroxyl groups is 1. The van der Waals surface area contributed by atoms with Crippen LogP contribution in [0.25, 0.3) is 0 Å². The number of carbonyl (C=O) groups is 2.